The Kier molecular flexibility index (Phi) is 3.07. The van der Waals surface area contributed by atoms with Crippen molar-refractivity contribution in [3.05, 3.63) is 29.8 Å². The van der Waals surface area contributed by atoms with Crippen molar-refractivity contribution in [3.8, 4) is 0 Å². The van der Waals surface area contributed by atoms with Gasteiger partial charge in [0.25, 0.3) is 0 Å². The van der Waals surface area contributed by atoms with E-state index in [2.05, 4.69) is 12.1 Å². The highest BCUT2D eigenvalue weighted by Crippen LogP contribution is 2.29. The van der Waals surface area contributed by atoms with Crippen LogP contribution in [0.2, 0.25) is 0 Å². The molecule has 0 saturated heterocycles. The number of nitrogens with two attached hydrogens (primary N) is 1. The summed E-state index contributed by atoms with van der Waals surface area (Å²) in [6.45, 7) is 0. The second kappa shape index (κ2) is 4.50. The van der Waals surface area contributed by atoms with Gasteiger partial charge in [-0.05, 0) is 30.4 Å². The first kappa shape index (κ1) is 9.57. The molecule has 0 unspecified atom stereocenters. The zero-order valence-corrected chi connectivity index (χ0v) is 8.71. The summed E-state index contributed by atoms with van der Waals surface area (Å²) in [5.41, 5.74) is 8.20. The third-order valence-corrected chi connectivity index (χ3v) is 3.35. The van der Waals surface area contributed by atoms with Gasteiger partial charge >= 0.3 is 0 Å². The van der Waals surface area contributed by atoms with Gasteiger partial charge in [-0.1, -0.05) is 43.9 Å². The van der Waals surface area contributed by atoms with Gasteiger partial charge in [0.05, 0.1) is 0 Å². The van der Waals surface area contributed by atoms with Crippen LogP contribution < -0.4 is 5.73 Å². The van der Waals surface area contributed by atoms with Crippen LogP contribution in [0.5, 0.6) is 0 Å². The van der Waals surface area contributed by atoms with Gasteiger partial charge in [0.1, 0.15) is 0 Å². The second-order valence-corrected chi connectivity index (χ2v) is 4.39. The fourth-order valence-electron chi connectivity index (χ4n) is 2.42. The summed E-state index contributed by atoms with van der Waals surface area (Å²) in [5.74, 6) is 0.967. The molecule has 0 spiro atoms. The van der Waals surface area contributed by atoms with E-state index < -0.39 is 0 Å². The van der Waals surface area contributed by atoms with Crippen molar-refractivity contribution in [3.63, 3.8) is 0 Å². The quantitative estimate of drug-likeness (QED) is 0.725. The fourth-order valence-corrected chi connectivity index (χ4v) is 2.42. The van der Waals surface area contributed by atoms with Gasteiger partial charge in [-0.3, -0.25) is 0 Å². The summed E-state index contributed by atoms with van der Waals surface area (Å²) < 4.78 is 0. The van der Waals surface area contributed by atoms with Gasteiger partial charge in [-0.2, -0.15) is 0 Å². The van der Waals surface area contributed by atoms with Gasteiger partial charge in [-0.15, -0.1) is 0 Å². The van der Waals surface area contributed by atoms with Crippen LogP contribution in [0.4, 0.5) is 5.69 Å². The maximum atomic E-state index is 5.91. The normalized spacial score (nSPS) is 17.4. The van der Waals surface area contributed by atoms with Crippen molar-refractivity contribution in [2.24, 2.45) is 5.92 Å². The van der Waals surface area contributed by atoms with Crippen LogP contribution >= 0.6 is 0 Å². The summed E-state index contributed by atoms with van der Waals surface area (Å²) in [7, 11) is 0. The highest BCUT2D eigenvalue weighted by Gasteiger charge is 2.14. The van der Waals surface area contributed by atoms with Crippen LogP contribution in [-0.2, 0) is 6.42 Å². The number of anilines is 1. The molecule has 0 radical (unpaired) electrons. The van der Waals surface area contributed by atoms with E-state index in [9.17, 15) is 0 Å². The van der Waals surface area contributed by atoms with E-state index in [1.807, 2.05) is 12.1 Å². The summed E-state index contributed by atoms with van der Waals surface area (Å²) in [6.07, 6.45) is 8.24. The molecule has 0 amide bonds. The third kappa shape index (κ3) is 2.28. The topological polar surface area (TPSA) is 26.0 Å². The molecule has 1 heteroatoms. The van der Waals surface area contributed by atoms with E-state index in [4.69, 9.17) is 5.73 Å². The highest BCUT2D eigenvalue weighted by molar-refractivity contribution is 5.46. The monoisotopic (exact) mass is 189 g/mol. The Morgan fingerprint density at radius 3 is 2.57 bits per heavy atom. The van der Waals surface area contributed by atoms with Gasteiger partial charge in [0, 0.05) is 5.69 Å². The molecule has 0 aliphatic heterocycles. The predicted octanol–water partition coefficient (Wildman–Crippen LogP) is 3.39. The van der Waals surface area contributed by atoms with E-state index in [0.29, 0.717) is 0 Å². The fraction of sp³-hybridized carbons (Fsp3) is 0.538. The Bertz CT molecular complexity index is 287. The zero-order valence-electron chi connectivity index (χ0n) is 8.71. The summed E-state index contributed by atoms with van der Waals surface area (Å²) in [4.78, 5) is 0. The van der Waals surface area contributed by atoms with Crippen molar-refractivity contribution in [1.82, 2.24) is 0 Å². The average molecular weight is 189 g/mol. The lowest BCUT2D eigenvalue weighted by molar-refractivity contribution is 0.504. The molecule has 1 saturated carbocycles. The van der Waals surface area contributed by atoms with Crippen molar-refractivity contribution in [1.29, 1.82) is 0 Å². The Morgan fingerprint density at radius 1 is 1.14 bits per heavy atom. The Morgan fingerprint density at radius 2 is 1.86 bits per heavy atom. The van der Waals surface area contributed by atoms with E-state index in [1.165, 1.54) is 37.7 Å². The van der Waals surface area contributed by atoms with Crippen LogP contribution in [0.15, 0.2) is 24.3 Å². The molecule has 1 fully saturated rings. The minimum atomic E-state index is 0.963. The molecule has 14 heavy (non-hydrogen) atoms. The largest absolute Gasteiger partial charge is 0.399 e. The first-order valence-corrected chi connectivity index (χ1v) is 5.69. The molecule has 2 rings (SSSR count). The molecule has 1 aliphatic rings. The first-order valence-electron chi connectivity index (χ1n) is 5.69. The van der Waals surface area contributed by atoms with Crippen LogP contribution in [0.1, 0.15) is 37.7 Å². The Hall–Kier alpha value is -0.980. The summed E-state index contributed by atoms with van der Waals surface area (Å²) in [5, 5.41) is 0. The number of para-hydroxylation sites is 1. The lowest BCUT2D eigenvalue weighted by Gasteiger charge is -2.09. The lowest BCUT2D eigenvalue weighted by atomic mass is 9.97. The van der Waals surface area contributed by atoms with Crippen molar-refractivity contribution >= 4 is 5.69 Å². The van der Waals surface area contributed by atoms with E-state index in [-0.39, 0.29) is 0 Å². The smallest absolute Gasteiger partial charge is 0.0346 e. The molecule has 2 N–H and O–H groups in total. The number of hydrogen-bond donors (Lipinski definition) is 1. The van der Waals surface area contributed by atoms with Crippen molar-refractivity contribution in [2.75, 3.05) is 5.73 Å². The predicted molar refractivity (Wildman–Crippen MR) is 61.1 cm³/mol. The van der Waals surface area contributed by atoms with E-state index >= 15 is 0 Å². The maximum Gasteiger partial charge on any atom is 0.0346 e. The minimum Gasteiger partial charge on any atom is -0.399 e. The first-order chi connectivity index (χ1) is 6.86. The molecule has 76 valence electrons. The number of hydrogen-bond acceptors (Lipinski definition) is 1. The van der Waals surface area contributed by atoms with Gasteiger partial charge in [0.15, 0.2) is 0 Å². The molecule has 1 aliphatic carbocycles. The lowest BCUT2D eigenvalue weighted by Crippen LogP contribution is -1.99. The third-order valence-electron chi connectivity index (χ3n) is 3.35. The molecular formula is C13H19N. The maximum absolute atomic E-state index is 5.91. The van der Waals surface area contributed by atoms with Crippen LogP contribution in [0.25, 0.3) is 0 Å². The van der Waals surface area contributed by atoms with Gasteiger partial charge < -0.3 is 5.73 Å². The molecular weight excluding hydrogens is 170 g/mol. The van der Waals surface area contributed by atoms with Gasteiger partial charge in [-0.25, -0.2) is 0 Å². The molecule has 0 atom stereocenters. The van der Waals surface area contributed by atoms with Gasteiger partial charge in [0.2, 0.25) is 0 Å². The molecule has 1 nitrogen and oxygen atoms in total. The number of rotatable bonds is 3. The van der Waals surface area contributed by atoms with Crippen molar-refractivity contribution in [2.45, 2.75) is 38.5 Å². The Balaban J connectivity index is 1.88. The molecule has 1 aromatic rings. The second-order valence-electron chi connectivity index (χ2n) is 4.39. The van der Waals surface area contributed by atoms with E-state index in [1.54, 1.807) is 0 Å². The van der Waals surface area contributed by atoms with Crippen LogP contribution in [-0.4, -0.2) is 0 Å². The highest BCUT2D eigenvalue weighted by atomic mass is 14.6. The van der Waals surface area contributed by atoms with E-state index in [0.717, 1.165) is 18.0 Å². The molecule has 0 heterocycles. The summed E-state index contributed by atoms with van der Waals surface area (Å²) >= 11 is 0. The SMILES string of the molecule is Nc1ccccc1CCC1CCCC1. The van der Waals surface area contributed by atoms with Crippen LogP contribution in [0, 0.1) is 5.92 Å². The Labute approximate surface area is 86.3 Å². The molecule has 1 aromatic carbocycles. The van der Waals surface area contributed by atoms with Crippen molar-refractivity contribution < 1.29 is 0 Å². The number of nitrogen functional groups attached to an aromatic ring is 1. The van der Waals surface area contributed by atoms with Crippen LogP contribution in [0.3, 0.4) is 0 Å². The minimum absolute atomic E-state index is 0.963. The standard InChI is InChI=1S/C13H19N/c14-13-8-4-3-7-12(13)10-9-11-5-1-2-6-11/h3-4,7-8,11H,1-2,5-6,9-10,14H2. The zero-order chi connectivity index (χ0) is 9.80. The number of aryl methyl sites for hydroxylation is 1. The number of benzene rings is 1. The molecule has 0 bridgehead atoms. The summed E-state index contributed by atoms with van der Waals surface area (Å²) in [6, 6.07) is 8.25. The average Bonchev–Trinajstić information content (AvgIpc) is 2.69. The molecule has 0 aromatic heterocycles.